The number of benzene rings is 1. The van der Waals surface area contributed by atoms with E-state index in [4.69, 9.17) is 21.3 Å². The number of piperazine rings is 1. The fraction of sp³-hybridized carbons (Fsp3) is 0.500. The summed E-state index contributed by atoms with van der Waals surface area (Å²) in [6, 6.07) is 13.7. The Morgan fingerprint density at radius 2 is 1.80 bits per heavy atom. The zero-order valence-corrected chi connectivity index (χ0v) is 25.5. The first-order valence-corrected chi connectivity index (χ1v) is 14.9. The second kappa shape index (κ2) is 13.6. The van der Waals surface area contributed by atoms with Crippen molar-refractivity contribution in [2.75, 3.05) is 44.7 Å². The number of halogens is 1. The minimum Gasteiger partial charge on any atom is -0.422 e. The van der Waals surface area contributed by atoms with Crippen LogP contribution in [0.5, 0.6) is 0 Å². The highest BCUT2D eigenvalue weighted by Gasteiger charge is 2.37. The Morgan fingerprint density at radius 3 is 2.40 bits per heavy atom. The zero-order valence-electron chi connectivity index (χ0n) is 24.8. The highest BCUT2D eigenvalue weighted by molar-refractivity contribution is 6.30. The monoisotopic (exact) mass is 564 g/mol. The zero-order chi connectivity index (χ0) is 28.8. The summed E-state index contributed by atoms with van der Waals surface area (Å²) in [5.41, 5.74) is 5.13. The predicted molar refractivity (Wildman–Crippen MR) is 168 cm³/mol. The van der Waals surface area contributed by atoms with Crippen LogP contribution < -0.4 is 10.2 Å². The van der Waals surface area contributed by atoms with Crippen molar-refractivity contribution in [2.24, 2.45) is 4.99 Å². The van der Waals surface area contributed by atoms with Gasteiger partial charge in [-0.3, -0.25) is 9.89 Å². The molecule has 2 atom stereocenters. The van der Waals surface area contributed by atoms with Crippen molar-refractivity contribution < 1.29 is 4.74 Å². The first kappa shape index (κ1) is 29.9. The third-order valence-electron chi connectivity index (χ3n) is 8.23. The molecule has 4 rings (SSSR count). The van der Waals surface area contributed by atoms with E-state index in [-0.39, 0.29) is 0 Å². The van der Waals surface area contributed by atoms with Crippen molar-refractivity contribution >= 4 is 28.9 Å². The third-order valence-corrected chi connectivity index (χ3v) is 8.48. The van der Waals surface area contributed by atoms with Gasteiger partial charge in [0.1, 0.15) is 5.69 Å². The van der Waals surface area contributed by atoms with Crippen LogP contribution in [0, 0.1) is 6.92 Å². The van der Waals surface area contributed by atoms with Crippen LogP contribution in [0.4, 0.5) is 5.69 Å². The lowest BCUT2D eigenvalue weighted by molar-refractivity contribution is 0.0643. The second-order valence-electron chi connectivity index (χ2n) is 10.8. The molecule has 2 aliphatic heterocycles. The van der Waals surface area contributed by atoms with E-state index >= 15 is 0 Å². The summed E-state index contributed by atoms with van der Waals surface area (Å²) >= 11 is 6.09. The molecular weight excluding hydrogens is 520 g/mol. The molecule has 1 aromatic carbocycles. The molecule has 8 heteroatoms. The number of nitrogens with one attached hydrogen (secondary N) is 1. The summed E-state index contributed by atoms with van der Waals surface area (Å²) in [5.74, 6) is 0.942. The molecular formula is C32H45ClN6O. The maximum absolute atomic E-state index is 6.09. The average molecular weight is 565 g/mol. The molecule has 2 aliphatic rings. The van der Waals surface area contributed by atoms with Gasteiger partial charge in [0, 0.05) is 68.6 Å². The third kappa shape index (κ3) is 6.81. The van der Waals surface area contributed by atoms with Gasteiger partial charge in [0.25, 0.3) is 0 Å². The number of aryl methyl sites for hydroxylation is 1. The van der Waals surface area contributed by atoms with E-state index in [1.54, 1.807) is 7.05 Å². The summed E-state index contributed by atoms with van der Waals surface area (Å²) in [7, 11) is 1.71. The Balaban J connectivity index is 1.40. The number of rotatable bonds is 9. The number of ether oxygens (including phenoxy) is 1. The van der Waals surface area contributed by atoms with E-state index in [0.29, 0.717) is 35.6 Å². The molecule has 0 amide bonds. The van der Waals surface area contributed by atoms with Crippen molar-refractivity contribution in [1.29, 1.82) is 0 Å². The number of hydrogen-bond donors (Lipinski definition) is 1. The molecule has 1 aromatic heterocycles. The fourth-order valence-electron chi connectivity index (χ4n) is 6.04. The van der Waals surface area contributed by atoms with Crippen LogP contribution in [0.25, 0.3) is 5.70 Å². The lowest BCUT2D eigenvalue weighted by Crippen LogP contribution is -2.61. The number of nitrogens with zero attached hydrogens (tertiary/aromatic N) is 5. The molecule has 40 heavy (non-hydrogen) atoms. The van der Waals surface area contributed by atoms with Crippen LogP contribution in [0.15, 0.2) is 60.4 Å². The van der Waals surface area contributed by atoms with Crippen molar-refractivity contribution in [2.45, 2.75) is 65.1 Å². The first-order valence-electron chi connectivity index (χ1n) is 14.5. The molecule has 0 spiro atoms. The van der Waals surface area contributed by atoms with E-state index < -0.39 is 0 Å². The van der Waals surface area contributed by atoms with Gasteiger partial charge in [-0.2, -0.15) is 0 Å². The summed E-state index contributed by atoms with van der Waals surface area (Å²) in [6.07, 6.45) is 3.43. The van der Waals surface area contributed by atoms with Gasteiger partial charge in [-0.15, -0.1) is 0 Å². The number of pyridine rings is 1. The average Bonchev–Trinajstić information content (AvgIpc) is 2.96. The van der Waals surface area contributed by atoms with Crippen LogP contribution in [0.3, 0.4) is 0 Å². The topological polar surface area (TPSA) is 56.2 Å². The van der Waals surface area contributed by atoms with Gasteiger partial charge in [0.2, 0.25) is 5.90 Å². The van der Waals surface area contributed by atoms with E-state index in [1.807, 2.05) is 25.1 Å². The number of hydrogen-bond acceptors (Lipinski definition) is 7. The molecule has 0 saturated carbocycles. The van der Waals surface area contributed by atoms with E-state index in [0.717, 1.165) is 74.0 Å². The lowest BCUT2D eigenvalue weighted by atomic mass is 9.95. The molecule has 1 N–H and O–H groups in total. The molecule has 0 bridgehead atoms. The maximum atomic E-state index is 6.09. The molecule has 3 heterocycles. The standard InChI is InChI=1S/C32H45ClN6O/c1-8-28-21-38(31-15-14-30(36-23(31)4)32(34-7)40-25(6)35-9-2)22(3)20-39(28)29-16-18-37(19-17-29)24(5)26-10-12-27(33)13-11-26/h10-15,22,28-29,35H,5-6,8-9,16-21H2,1-4,7H3/t22-,28+/m1/s1. The predicted octanol–water partition coefficient (Wildman–Crippen LogP) is 5.94. The number of aromatic nitrogens is 1. The van der Waals surface area contributed by atoms with Crippen molar-refractivity contribution in [3.63, 3.8) is 0 Å². The van der Waals surface area contributed by atoms with Crippen LogP contribution in [-0.4, -0.2) is 78.6 Å². The number of piperidine rings is 1. The van der Waals surface area contributed by atoms with E-state index in [1.165, 1.54) is 5.69 Å². The molecule has 0 aliphatic carbocycles. The number of anilines is 1. The van der Waals surface area contributed by atoms with Gasteiger partial charge < -0.3 is 19.9 Å². The molecule has 0 unspecified atom stereocenters. The summed E-state index contributed by atoms with van der Waals surface area (Å²) < 4.78 is 5.80. The summed E-state index contributed by atoms with van der Waals surface area (Å²) in [4.78, 5) is 16.9. The SMILES string of the molecule is C=C(NCC)OC(=NC)c1ccc(N2C[C@H](CC)N(C3CCN(C(=C)c4ccc(Cl)cc4)CC3)C[C@H]2C)c(C)n1. The van der Waals surface area contributed by atoms with E-state index in [9.17, 15) is 0 Å². The Hall–Kier alpha value is -3.03. The van der Waals surface area contributed by atoms with E-state index in [2.05, 4.69) is 77.1 Å². The molecule has 2 aromatic rings. The minimum absolute atomic E-state index is 0.389. The Kier molecular flexibility index (Phi) is 10.1. The normalized spacial score (nSPS) is 20.9. The highest BCUT2D eigenvalue weighted by atomic mass is 35.5. The highest BCUT2D eigenvalue weighted by Crippen LogP contribution is 2.32. The smallest absolute Gasteiger partial charge is 0.242 e. The summed E-state index contributed by atoms with van der Waals surface area (Å²) in [6.45, 7) is 21.9. The molecule has 2 saturated heterocycles. The van der Waals surface area contributed by atoms with Crippen LogP contribution >= 0.6 is 11.6 Å². The Bertz CT molecular complexity index is 1200. The number of likely N-dealkylation sites (tertiary alicyclic amines) is 1. The van der Waals surface area contributed by atoms with Gasteiger partial charge in [0.15, 0.2) is 5.88 Å². The Labute approximate surface area is 245 Å². The quantitative estimate of drug-likeness (QED) is 0.231. The molecule has 7 nitrogen and oxygen atoms in total. The van der Waals surface area contributed by atoms with Gasteiger partial charge >= 0.3 is 0 Å². The maximum Gasteiger partial charge on any atom is 0.242 e. The molecule has 2 fully saturated rings. The van der Waals surface area contributed by atoms with Crippen molar-refractivity contribution in [1.82, 2.24) is 20.1 Å². The van der Waals surface area contributed by atoms with Crippen LogP contribution in [0.2, 0.25) is 5.02 Å². The lowest BCUT2D eigenvalue weighted by Gasteiger charge is -2.51. The van der Waals surface area contributed by atoms with Gasteiger partial charge in [-0.25, -0.2) is 4.98 Å². The summed E-state index contributed by atoms with van der Waals surface area (Å²) in [5, 5.41) is 3.83. The van der Waals surface area contributed by atoms with Crippen molar-refractivity contribution in [3.8, 4) is 0 Å². The number of aliphatic imine (C=N–C) groups is 1. The second-order valence-corrected chi connectivity index (χ2v) is 11.3. The molecule has 216 valence electrons. The van der Waals surface area contributed by atoms with Crippen molar-refractivity contribution in [3.05, 3.63) is 77.4 Å². The first-order chi connectivity index (χ1) is 19.2. The fourth-order valence-corrected chi connectivity index (χ4v) is 6.17. The van der Waals surface area contributed by atoms with Crippen LogP contribution in [-0.2, 0) is 4.74 Å². The Morgan fingerprint density at radius 1 is 1.10 bits per heavy atom. The largest absolute Gasteiger partial charge is 0.422 e. The van der Waals surface area contributed by atoms with Gasteiger partial charge in [0.05, 0.1) is 11.4 Å². The van der Waals surface area contributed by atoms with Gasteiger partial charge in [-0.05, 0) is 76.4 Å². The van der Waals surface area contributed by atoms with Gasteiger partial charge in [-0.1, -0.05) is 37.2 Å². The minimum atomic E-state index is 0.389. The van der Waals surface area contributed by atoms with Crippen LogP contribution in [0.1, 0.15) is 57.0 Å². The molecule has 0 radical (unpaired) electrons.